The second-order valence-corrected chi connectivity index (χ2v) is 7.13. The monoisotopic (exact) mass is 370 g/mol. The molecular formula is C16H16ClFN2O3S. The fraction of sp³-hybridized carbons (Fsp3) is 0.188. The molecule has 0 radical (unpaired) electrons. The third-order valence-corrected chi connectivity index (χ3v) is 5.09. The highest BCUT2D eigenvalue weighted by Gasteiger charge is 2.24. The number of sulfonamides is 1. The average Bonchev–Trinajstić information content (AvgIpc) is 2.55. The van der Waals surface area contributed by atoms with Gasteiger partial charge in [-0.1, -0.05) is 30.7 Å². The second-order valence-electron chi connectivity index (χ2n) is 5.01. The molecule has 1 unspecified atom stereocenters. The van der Waals surface area contributed by atoms with Crippen molar-refractivity contribution in [3.8, 4) is 0 Å². The highest BCUT2D eigenvalue weighted by molar-refractivity contribution is 7.89. The Morgan fingerprint density at radius 3 is 2.38 bits per heavy atom. The van der Waals surface area contributed by atoms with Gasteiger partial charge in [0.05, 0.1) is 15.6 Å². The van der Waals surface area contributed by atoms with Crippen molar-refractivity contribution in [2.75, 3.05) is 5.32 Å². The molecule has 0 aliphatic carbocycles. The lowest BCUT2D eigenvalue weighted by molar-refractivity contribution is -0.117. The van der Waals surface area contributed by atoms with Crippen molar-refractivity contribution in [2.45, 2.75) is 24.3 Å². The van der Waals surface area contributed by atoms with E-state index < -0.39 is 27.8 Å². The van der Waals surface area contributed by atoms with Gasteiger partial charge in [0.15, 0.2) is 0 Å². The largest absolute Gasteiger partial charge is 0.323 e. The van der Waals surface area contributed by atoms with Crippen LogP contribution in [0.15, 0.2) is 53.4 Å². The van der Waals surface area contributed by atoms with Gasteiger partial charge in [0.2, 0.25) is 15.9 Å². The van der Waals surface area contributed by atoms with Crippen LogP contribution in [-0.4, -0.2) is 20.4 Å². The summed E-state index contributed by atoms with van der Waals surface area (Å²) in [5, 5.41) is 2.94. The van der Waals surface area contributed by atoms with Gasteiger partial charge in [-0.2, -0.15) is 4.72 Å². The van der Waals surface area contributed by atoms with Gasteiger partial charge in [0.25, 0.3) is 0 Å². The summed E-state index contributed by atoms with van der Waals surface area (Å²) in [5.41, 5.74) is 0.392. The molecule has 8 heteroatoms. The minimum absolute atomic E-state index is 0.118. The highest BCUT2D eigenvalue weighted by Crippen LogP contribution is 2.21. The number of carbonyl (C=O) groups is 1. The smallest absolute Gasteiger partial charge is 0.242 e. The fourth-order valence-corrected chi connectivity index (χ4v) is 3.44. The van der Waals surface area contributed by atoms with E-state index in [1.165, 1.54) is 0 Å². The highest BCUT2D eigenvalue weighted by atomic mass is 35.5. The van der Waals surface area contributed by atoms with Crippen LogP contribution in [0, 0.1) is 5.82 Å². The quantitative estimate of drug-likeness (QED) is 0.820. The molecule has 128 valence electrons. The summed E-state index contributed by atoms with van der Waals surface area (Å²) < 4.78 is 39.8. The second kappa shape index (κ2) is 7.74. The molecule has 24 heavy (non-hydrogen) atoms. The Balaban J connectivity index is 2.15. The van der Waals surface area contributed by atoms with Crippen LogP contribution < -0.4 is 10.0 Å². The number of benzene rings is 2. The van der Waals surface area contributed by atoms with Gasteiger partial charge >= 0.3 is 0 Å². The van der Waals surface area contributed by atoms with Gasteiger partial charge in [-0.05, 0) is 42.8 Å². The van der Waals surface area contributed by atoms with Crippen LogP contribution in [0.4, 0.5) is 10.1 Å². The van der Waals surface area contributed by atoms with Crippen LogP contribution in [0.2, 0.25) is 5.02 Å². The van der Waals surface area contributed by atoms with Gasteiger partial charge in [0.1, 0.15) is 11.9 Å². The van der Waals surface area contributed by atoms with Crippen molar-refractivity contribution in [1.82, 2.24) is 4.72 Å². The topological polar surface area (TPSA) is 75.3 Å². The molecule has 5 nitrogen and oxygen atoms in total. The fourth-order valence-electron chi connectivity index (χ4n) is 1.97. The van der Waals surface area contributed by atoms with E-state index in [0.717, 1.165) is 24.3 Å². The number of para-hydroxylation sites is 1. The summed E-state index contributed by atoms with van der Waals surface area (Å²) in [6.45, 7) is 1.67. The van der Waals surface area contributed by atoms with E-state index in [9.17, 15) is 17.6 Å². The summed E-state index contributed by atoms with van der Waals surface area (Å²) in [6.07, 6.45) is 0.233. The zero-order valence-electron chi connectivity index (χ0n) is 12.8. The SMILES string of the molecule is CCC(NS(=O)(=O)c1ccc(F)cc1)C(=O)Nc1ccccc1Cl. The molecule has 0 aromatic heterocycles. The number of halogens is 2. The normalized spacial score (nSPS) is 12.6. The first kappa shape index (κ1) is 18.4. The Bertz CT molecular complexity index is 825. The molecule has 1 amide bonds. The summed E-state index contributed by atoms with van der Waals surface area (Å²) in [4.78, 5) is 12.2. The lowest BCUT2D eigenvalue weighted by Gasteiger charge is -2.17. The maximum absolute atomic E-state index is 12.9. The van der Waals surface area contributed by atoms with Gasteiger partial charge in [0, 0.05) is 0 Å². The first-order chi connectivity index (χ1) is 11.3. The molecule has 0 heterocycles. The van der Waals surface area contributed by atoms with E-state index in [-0.39, 0.29) is 11.3 Å². The molecule has 0 bridgehead atoms. The predicted molar refractivity (Wildman–Crippen MR) is 90.9 cm³/mol. The Morgan fingerprint density at radius 1 is 1.17 bits per heavy atom. The van der Waals surface area contributed by atoms with Crippen LogP contribution in [0.1, 0.15) is 13.3 Å². The molecule has 0 aliphatic heterocycles. The van der Waals surface area contributed by atoms with Crippen LogP contribution in [0.5, 0.6) is 0 Å². The van der Waals surface area contributed by atoms with Crippen LogP contribution in [-0.2, 0) is 14.8 Å². The predicted octanol–water partition coefficient (Wildman–Crippen LogP) is 3.17. The lowest BCUT2D eigenvalue weighted by Crippen LogP contribution is -2.43. The van der Waals surface area contributed by atoms with E-state index in [4.69, 9.17) is 11.6 Å². The molecule has 2 rings (SSSR count). The van der Waals surface area contributed by atoms with E-state index in [1.54, 1.807) is 31.2 Å². The Morgan fingerprint density at radius 2 is 1.79 bits per heavy atom. The van der Waals surface area contributed by atoms with Crippen LogP contribution in [0.25, 0.3) is 0 Å². The van der Waals surface area contributed by atoms with Crippen molar-refractivity contribution in [1.29, 1.82) is 0 Å². The van der Waals surface area contributed by atoms with Crippen molar-refractivity contribution in [3.05, 3.63) is 59.4 Å². The Labute approximate surface area is 144 Å². The molecule has 0 saturated heterocycles. The van der Waals surface area contributed by atoms with E-state index in [1.807, 2.05) is 0 Å². The van der Waals surface area contributed by atoms with Crippen molar-refractivity contribution >= 4 is 33.2 Å². The maximum Gasteiger partial charge on any atom is 0.242 e. The standard InChI is InChI=1S/C16H16ClFN2O3S/c1-2-14(16(21)19-15-6-4-3-5-13(15)17)20-24(22,23)12-9-7-11(18)8-10-12/h3-10,14,20H,2H2,1H3,(H,19,21). The van der Waals surface area contributed by atoms with E-state index in [0.29, 0.717) is 10.7 Å². The molecule has 2 aromatic rings. The molecule has 0 spiro atoms. The number of rotatable bonds is 6. The van der Waals surface area contributed by atoms with Gasteiger partial charge in [-0.25, -0.2) is 12.8 Å². The van der Waals surface area contributed by atoms with Gasteiger partial charge in [-0.15, -0.1) is 0 Å². The zero-order chi connectivity index (χ0) is 17.7. The average molecular weight is 371 g/mol. The number of carbonyl (C=O) groups excluding carboxylic acids is 1. The molecule has 1 atom stereocenters. The molecule has 0 fully saturated rings. The maximum atomic E-state index is 12.9. The third-order valence-electron chi connectivity index (χ3n) is 3.28. The first-order valence-electron chi connectivity index (χ1n) is 7.17. The summed E-state index contributed by atoms with van der Waals surface area (Å²) in [5.74, 6) is -1.08. The van der Waals surface area contributed by atoms with Gasteiger partial charge in [-0.3, -0.25) is 4.79 Å². The Hall–Kier alpha value is -1.96. The van der Waals surface area contributed by atoms with Crippen molar-refractivity contribution in [3.63, 3.8) is 0 Å². The summed E-state index contributed by atoms with van der Waals surface area (Å²) in [6, 6.07) is 10.0. The molecule has 0 aliphatic rings. The first-order valence-corrected chi connectivity index (χ1v) is 9.03. The third kappa shape index (κ3) is 4.53. The number of amides is 1. The molecular weight excluding hydrogens is 355 g/mol. The molecule has 2 aromatic carbocycles. The van der Waals surface area contributed by atoms with Gasteiger partial charge < -0.3 is 5.32 Å². The minimum atomic E-state index is -3.95. The van der Waals surface area contributed by atoms with Crippen molar-refractivity contribution < 1.29 is 17.6 Å². The van der Waals surface area contributed by atoms with Crippen LogP contribution in [0.3, 0.4) is 0 Å². The lowest BCUT2D eigenvalue weighted by atomic mass is 10.2. The van der Waals surface area contributed by atoms with E-state index in [2.05, 4.69) is 10.0 Å². The number of anilines is 1. The zero-order valence-corrected chi connectivity index (χ0v) is 14.4. The summed E-state index contributed by atoms with van der Waals surface area (Å²) >= 11 is 5.97. The van der Waals surface area contributed by atoms with Crippen molar-refractivity contribution in [2.24, 2.45) is 0 Å². The molecule has 2 N–H and O–H groups in total. The number of nitrogens with one attached hydrogen (secondary N) is 2. The number of hydrogen-bond acceptors (Lipinski definition) is 3. The molecule has 0 saturated carbocycles. The van der Waals surface area contributed by atoms with Crippen LogP contribution >= 0.6 is 11.6 Å². The number of hydrogen-bond donors (Lipinski definition) is 2. The van der Waals surface area contributed by atoms with E-state index >= 15 is 0 Å². The minimum Gasteiger partial charge on any atom is -0.323 e. The Kier molecular flexibility index (Phi) is 5.93. The summed E-state index contributed by atoms with van der Waals surface area (Å²) in [7, 11) is -3.95.